The summed E-state index contributed by atoms with van der Waals surface area (Å²) in [5, 5.41) is 17.1. The minimum Gasteiger partial charge on any atom is -0.368 e. The van der Waals surface area contributed by atoms with Crippen LogP contribution in [0.15, 0.2) is 24.7 Å². The van der Waals surface area contributed by atoms with Gasteiger partial charge in [-0.25, -0.2) is 9.97 Å². The molecule has 1 atom stereocenters. The number of anilines is 1. The van der Waals surface area contributed by atoms with E-state index < -0.39 is 24.7 Å². The summed E-state index contributed by atoms with van der Waals surface area (Å²) in [6, 6.07) is 2.22. The lowest BCUT2D eigenvalue weighted by Crippen LogP contribution is -2.47. The second-order valence-electron chi connectivity index (χ2n) is 5.89. The van der Waals surface area contributed by atoms with Gasteiger partial charge in [-0.2, -0.15) is 23.5 Å². The maximum absolute atomic E-state index is 13.0. The van der Waals surface area contributed by atoms with Crippen molar-refractivity contribution in [2.75, 3.05) is 11.4 Å². The first-order valence-electron chi connectivity index (χ1n) is 7.89. The Morgan fingerprint density at radius 2 is 2.18 bits per heavy atom. The number of fused-ring (bicyclic) bond motifs is 1. The van der Waals surface area contributed by atoms with Gasteiger partial charge in [0.05, 0.1) is 11.8 Å². The van der Waals surface area contributed by atoms with Crippen LogP contribution in [-0.2, 0) is 4.79 Å². The van der Waals surface area contributed by atoms with E-state index in [4.69, 9.17) is 11.0 Å². The molecule has 0 radical (unpaired) electrons. The predicted octanol–water partition coefficient (Wildman–Crippen LogP) is 1.53. The molecule has 3 rings (SSSR count). The van der Waals surface area contributed by atoms with Gasteiger partial charge in [-0.05, 0) is 13.0 Å². The lowest BCUT2D eigenvalue weighted by atomic mass is 10.1. The SMILES string of the molecule is C[C@H](C(N)=O)N(CC(F)(F)F)c1cnnc(-c2c[nH]c3ncc(C#N)cc23)n1. The number of hydrogen-bond donors (Lipinski definition) is 2. The van der Waals surface area contributed by atoms with Crippen LogP contribution in [0.2, 0.25) is 0 Å². The molecule has 0 unspecified atom stereocenters. The van der Waals surface area contributed by atoms with Gasteiger partial charge in [0.1, 0.15) is 24.3 Å². The quantitative estimate of drug-likeness (QED) is 0.674. The third-order valence-electron chi connectivity index (χ3n) is 3.97. The summed E-state index contributed by atoms with van der Waals surface area (Å²) < 4.78 is 38.9. The van der Waals surface area contributed by atoms with Gasteiger partial charge in [-0.1, -0.05) is 0 Å². The molecule has 3 aromatic rings. The van der Waals surface area contributed by atoms with E-state index in [0.29, 0.717) is 27.1 Å². The molecule has 0 spiro atoms. The molecule has 0 fully saturated rings. The van der Waals surface area contributed by atoms with Crippen LogP contribution in [0.4, 0.5) is 19.0 Å². The van der Waals surface area contributed by atoms with Crippen molar-refractivity contribution in [1.82, 2.24) is 25.1 Å². The molecular weight excluding hydrogens is 377 g/mol. The van der Waals surface area contributed by atoms with Gasteiger partial charge in [-0.3, -0.25) is 4.79 Å². The van der Waals surface area contributed by atoms with Gasteiger partial charge in [0.2, 0.25) is 5.91 Å². The Morgan fingerprint density at radius 1 is 1.43 bits per heavy atom. The number of hydrogen-bond acceptors (Lipinski definition) is 7. The fourth-order valence-corrected chi connectivity index (χ4v) is 2.56. The lowest BCUT2D eigenvalue weighted by molar-refractivity contribution is -0.125. The van der Waals surface area contributed by atoms with Gasteiger partial charge in [0.25, 0.3) is 0 Å². The zero-order chi connectivity index (χ0) is 20.5. The van der Waals surface area contributed by atoms with Crippen LogP contribution >= 0.6 is 0 Å². The number of carbonyl (C=O) groups excluding carboxylic acids is 1. The number of nitrogens with zero attached hydrogens (tertiary/aromatic N) is 6. The van der Waals surface area contributed by atoms with Crippen LogP contribution in [0.5, 0.6) is 0 Å². The number of amides is 1. The number of halogens is 3. The molecule has 0 aliphatic rings. The second kappa shape index (κ2) is 7.10. The maximum Gasteiger partial charge on any atom is 0.406 e. The van der Waals surface area contributed by atoms with Crippen molar-refractivity contribution in [3.8, 4) is 17.5 Å². The normalized spacial score (nSPS) is 12.5. The summed E-state index contributed by atoms with van der Waals surface area (Å²) in [7, 11) is 0. The number of rotatable bonds is 5. The summed E-state index contributed by atoms with van der Waals surface area (Å²) in [6.45, 7) is -0.200. The number of aromatic nitrogens is 5. The summed E-state index contributed by atoms with van der Waals surface area (Å²) in [6.07, 6.45) is -0.702. The van der Waals surface area contributed by atoms with E-state index in [-0.39, 0.29) is 11.6 Å². The van der Waals surface area contributed by atoms with Crippen molar-refractivity contribution in [2.24, 2.45) is 5.73 Å². The number of H-pyrrole nitrogens is 1. The van der Waals surface area contributed by atoms with Crippen molar-refractivity contribution >= 4 is 22.8 Å². The number of nitrogens with two attached hydrogens (primary N) is 1. The Morgan fingerprint density at radius 3 is 2.82 bits per heavy atom. The first-order valence-corrected chi connectivity index (χ1v) is 7.89. The van der Waals surface area contributed by atoms with E-state index in [1.807, 2.05) is 6.07 Å². The van der Waals surface area contributed by atoms with E-state index in [1.165, 1.54) is 19.3 Å². The number of nitriles is 1. The monoisotopic (exact) mass is 390 g/mol. The summed E-state index contributed by atoms with van der Waals surface area (Å²) in [5.74, 6) is -1.16. The molecule has 1 amide bonds. The Balaban J connectivity index is 2.08. The van der Waals surface area contributed by atoms with E-state index in [2.05, 4.69) is 25.1 Å². The van der Waals surface area contributed by atoms with Crippen LogP contribution in [0.25, 0.3) is 22.4 Å². The topological polar surface area (TPSA) is 137 Å². The zero-order valence-electron chi connectivity index (χ0n) is 14.4. The molecule has 0 aliphatic carbocycles. The van der Waals surface area contributed by atoms with Gasteiger partial charge < -0.3 is 15.6 Å². The Hall–Kier alpha value is -3.75. The third kappa shape index (κ3) is 3.83. The number of alkyl halides is 3. The first kappa shape index (κ1) is 19.0. The molecule has 0 aliphatic heterocycles. The maximum atomic E-state index is 13.0. The summed E-state index contributed by atoms with van der Waals surface area (Å²) in [5.41, 5.74) is 6.31. The van der Waals surface area contributed by atoms with Crippen molar-refractivity contribution < 1.29 is 18.0 Å². The van der Waals surface area contributed by atoms with Crippen LogP contribution in [0.1, 0.15) is 12.5 Å². The van der Waals surface area contributed by atoms with Crippen LogP contribution in [0, 0.1) is 11.3 Å². The zero-order valence-corrected chi connectivity index (χ0v) is 14.4. The largest absolute Gasteiger partial charge is 0.406 e. The van der Waals surface area contributed by atoms with Crippen LogP contribution in [0.3, 0.4) is 0 Å². The van der Waals surface area contributed by atoms with Crippen molar-refractivity contribution in [3.05, 3.63) is 30.2 Å². The highest BCUT2D eigenvalue weighted by atomic mass is 19.4. The highest BCUT2D eigenvalue weighted by molar-refractivity contribution is 5.92. The van der Waals surface area contributed by atoms with E-state index in [1.54, 1.807) is 6.07 Å². The Bertz CT molecular complexity index is 1070. The first-order chi connectivity index (χ1) is 13.2. The molecule has 0 aromatic carbocycles. The molecule has 0 saturated carbocycles. The van der Waals surface area contributed by atoms with Crippen molar-refractivity contribution in [1.29, 1.82) is 5.26 Å². The average molecular weight is 390 g/mol. The molecule has 3 heterocycles. The van der Waals surface area contributed by atoms with E-state index in [0.717, 1.165) is 6.20 Å². The Kier molecular flexibility index (Phi) is 4.83. The fraction of sp³-hybridized carbons (Fsp3) is 0.250. The van der Waals surface area contributed by atoms with Crippen molar-refractivity contribution in [3.63, 3.8) is 0 Å². The molecule has 9 nitrogen and oxygen atoms in total. The highest BCUT2D eigenvalue weighted by Gasteiger charge is 2.35. The summed E-state index contributed by atoms with van der Waals surface area (Å²) >= 11 is 0. The molecule has 12 heteroatoms. The van der Waals surface area contributed by atoms with Crippen molar-refractivity contribution in [2.45, 2.75) is 19.1 Å². The average Bonchev–Trinajstić information content (AvgIpc) is 3.08. The molecule has 3 N–H and O–H groups in total. The predicted molar refractivity (Wildman–Crippen MR) is 91.7 cm³/mol. The van der Waals surface area contributed by atoms with E-state index >= 15 is 0 Å². The molecule has 3 aromatic heterocycles. The van der Waals surface area contributed by atoms with Crippen LogP contribution in [-0.4, -0.2) is 49.8 Å². The highest BCUT2D eigenvalue weighted by Crippen LogP contribution is 2.28. The molecule has 0 bridgehead atoms. The lowest BCUT2D eigenvalue weighted by Gasteiger charge is -2.28. The fourth-order valence-electron chi connectivity index (χ4n) is 2.56. The number of pyridine rings is 1. The molecule has 0 saturated heterocycles. The number of carbonyl (C=O) groups is 1. The smallest absolute Gasteiger partial charge is 0.368 e. The van der Waals surface area contributed by atoms with Gasteiger partial charge in [-0.15, -0.1) is 5.10 Å². The Labute approximate surface area is 156 Å². The summed E-state index contributed by atoms with van der Waals surface area (Å²) in [4.78, 5) is 23.2. The van der Waals surface area contributed by atoms with Gasteiger partial charge >= 0.3 is 6.18 Å². The van der Waals surface area contributed by atoms with Gasteiger partial charge in [0.15, 0.2) is 11.6 Å². The minimum atomic E-state index is -4.60. The standard InChI is InChI=1S/C16H13F3N8O/c1-8(13(21)28)27(7-16(17,18)19)12-6-24-26-15(25-12)11-5-23-14-10(11)2-9(3-20)4-22-14/h2,4-6,8H,7H2,1H3,(H2,21,28)(H,22,23)/t8-/m1/s1. The number of nitrogens with one attached hydrogen (secondary N) is 1. The molecule has 144 valence electrons. The minimum absolute atomic E-state index is 0.00415. The number of aromatic amines is 1. The van der Waals surface area contributed by atoms with Gasteiger partial charge in [0, 0.05) is 23.3 Å². The van der Waals surface area contributed by atoms with Crippen LogP contribution < -0.4 is 10.6 Å². The third-order valence-corrected chi connectivity index (χ3v) is 3.97. The van der Waals surface area contributed by atoms with E-state index in [9.17, 15) is 18.0 Å². The molecule has 28 heavy (non-hydrogen) atoms. The number of primary amides is 1. The second-order valence-corrected chi connectivity index (χ2v) is 5.89. The molecular formula is C16H13F3N8O.